The van der Waals surface area contributed by atoms with Gasteiger partial charge in [-0.25, -0.2) is 8.42 Å². The summed E-state index contributed by atoms with van der Waals surface area (Å²) < 4.78 is 28.0. The summed E-state index contributed by atoms with van der Waals surface area (Å²) in [4.78, 5) is 29.7. The van der Waals surface area contributed by atoms with Crippen LogP contribution in [-0.2, 0) is 32.6 Å². The van der Waals surface area contributed by atoms with E-state index in [-0.39, 0.29) is 18.5 Å². The lowest BCUT2D eigenvalue weighted by Crippen LogP contribution is -2.54. The summed E-state index contributed by atoms with van der Waals surface area (Å²) in [5.74, 6) is -0.663. The summed E-state index contributed by atoms with van der Waals surface area (Å²) >= 11 is 3.46. The van der Waals surface area contributed by atoms with Crippen molar-refractivity contribution in [3.05, 3.63) is 99.5 Å². The standard InChI is InChI=1S/C32H38BrN3O4S/c1-23-17-24(2)19-29(18-23)36(41(3,39)40)22-31(37)35(21-26-13-15-27(33)16-14-26)30(20-25-9-5-4-6-10-25)32(38)34-28-11-7-8-12-28/h4-6,9-10,13-19,28,30H,7-8,11-12,20-22H2,1-3H3,(H,34,38). The molecule has 3 aromatic rings. The molecule has 1 saturated carbocycles. The molecule has 41 heavy (non-hydrogen) atoms. The summed E-state index contributed by atoms with van der Waals surface area (Å²) in [5, 5.41) is 3.19. The largest absolute Gasteiger partial charge is 0.352 e. The third-order valence-corrected chi connectivity index (χ3v) is 9.08. The highest BCUT2D eigenvalue weighted by molar-refractivity contribution is 9.10. The summed E-state index contributed by atoms with van der Waals surface area (Å²) in [6, 6.07) is 21.9. The highest BCUT2D eigenvalue weighted by Gasteiger charge is 2.34. The lowest BCUT2D eigenvalue weighted by molar-refractivity contribution is -0.140. The van der Waals surface area contributed by atoms with Crippen molar-refractivity contribution in [2.45, 2.75) is 64.6 Å². The van der Waals surface area contributed by atoms with E-state index in [4.69, 9.17) is 0 Å². The summed E-state index contributed by atoms with van der Waals surface area (Å²) in [7, 11) is -3.80. The Morgan fingerprint density at radius 1 is 0.927 bits per heavy atom. The van der Waals surface area contributed by atoms with Gasteiger partial charge >= 0.3 is 0 Å². The molecule has 0 spiro atoms. The molecule has 3 aromatic carbocycles. The van der Waals surface area contributed by atoms with Crippen molar-refractivity contribution < 1.29 is 18.0 Å². The molecule has 0 saturated heterocycles. The van der Waals surface area contributed by atoms with Crippen LogP contribution in [0.15, 0.2) is 77.3 Å². The van der Waals surface area contributed by atoms with Crippen molar-refractivity contribution in [3.8, 4) is 0 Å². The van der Waals surface area contributed by atoms with Gasteiger partial charge in [0.2, 0.25) is 21.8 Å². The molecule has 0 aliphatic heterocycles. The van der Waals surface area contributed by atoms with Gasteiger partial charge in [-0.05, 0) is 73.2 Å². The van der Waals surface area contributed by atoms with Crippen molar-refractivity contribution in [3.63, 3.8) is 0 Å². The van der Waals surface area contributed by atoms with Gasteiger partial charge in [0.05, 0.1) is 11.9 Å². The second kappa shape index (κ2) is 13.7. The normalized spacial score (nSPS) is 14.4. The quantitative estimate of drug-likeness (QED) is 0.299. The van der Waals surface area contributed by atoms with Crippen LogP contribution >= 0.6 is 15.9 Å². The Bertz CT molecular complexity index is 1440. The third kappa shape index (κ3) is 8.66. The summed E-state index contributed by atoms with van der Waals surface area (Å²) in [6.07, 6.45) is 5.37. The van der Waals surface area contributed by atoms with Gasteiger partial charge in [0.25, 0.3) is 0 Å². The molecule has 0 aromatic heterocycles. The Hall–Kier alpha value is -3.17. The van der Waals surface area contributed by atoms with Crippen LogP contribution in [-0.4, -0.2) is 50.0 Å². The van der Waals surface area contributed by atoms with Crippen LogP contribution < -0.4 is 9.62 Å². The number of halogens is 1. The van der Waals surface area contributed by atoms with Crippen LogP contribution in [0.25, 0.3) is 0 Å². The topological polar surface area (TPSA) is 86.8 Å². The van der Waals surface area contributed by atoms with Gasteiger partial charge in [0, 0.05) is 23.5 Å². The minimum absolute atomic E-state index is 0.0770. The van der Waals surface area contributed by atoms with Gasteiger partial charge < -0.3 is 10.2 Å². The maximum absolute atomic E-state index is 14.2. The van der Waals surface area contributed by atoms with Crippen LogP contribution in [0.3, 0.4) is 0 Å². The minimum atomic E-state index is -3.80. The van der Waals surface area contributed by atoms with Crippen molar-refractivity contribution in [2.75, 3.05) is 17.1 Å². The van der Waals surface area contributed by atoms with Crippen molar-refractivity contribution in [1.29, 1.82) is 0 Å². The molecule has 4 rings (SSSR count). The number of benzene rings is 3. The summed E-state index contributed by atoms with van der Waals surface area (Å²) in [6.45, 7) is 3.52. The molecule has 218 valence electrons. The van der Waals surface area contributed by atoms with Crippen LogP contribution in [0.2, 0.25) is 0 Å². The van der Waals surface area contributed by atoms with Gasteiger partial charge in [-0.15, -0.1) is 0 Å². The van der Waals surface area contributed by atoms with Crippen LogP contribution in [0.5, 0.6) is 0 Å². The molecule has 0 heterocycles. The third-order valence-electron chi connectivity index (χ3n) is 7.41. The molecule has 0 bridgehead atoms. The Kier molecular flexibility index (Phi) is 10.3. The fraction of sp³-hybridized carbons (Fsp3) is 0.375. The lowest BCUT2D eigenvalue weighted by atomic mass is 10.0. The van der Waals surface area contributed by atoms with E-state index in [1.807, 2.05) is 74.5 Å². The zero-order valence-electron chi connectivity index (χ0n) is 23.8. The first-order valence-corrected chi connectivity index (χ1v) is 16.6. The number of carbonyl (C=O) groups excluding carboxylic acids is 2. The average molecular weight is 641 g/mol. The smallest absolute Gasteiger partial charge is 0.244 e. The fourth-order valence-electron chi connectivity index (χ4n) is 5.42. The van der Waals surface area contributed by atoms with E-state index in [1.54, 1.807) is 17.0 Å². The fourth-order valence-corrected chi connectivity index (χ4v) is 6.51. The van der Waals surface area contributed by atoms with E-state index in [2.05, 4.69) is 21.2 Å². The van der Waals surface area contributed by atoms with Crippen molar-refractivity contribution in [1.82, 2.24) is 10.2 Å². The van der Waals surface area contributed by atoms with Gasteiger partial charge in [-0.2, -0.15) is 0 Å². The molecular weight excluding hydrogens is 602 g/mol. The van der Waals surface area contributed by atoms with E-state index >= 15 is 0 Å². The second-order valence-corrected chi connectivity index (χ2v) is 13.8. The predicted octanol–water partition coefficient (Wildman–Crippen LogP) is 5.53. The molecule has 1 unspecified atom stereocenters. The molecular formula is C32H38BrN3O4S. The van der Waals surface area contributed by atoms with E-state index in [0.29, 0.717) is 12.1 Å². The second-order valence-electron chi connectivity index (χ2n) is 11.0. The number of rotatable bonds is 11. The summed E-state index contributed by atoms with van der Waals surface area (Å²) in [5.41, 5.74) is 3.97. The van der Waals surface area contributed by atoms with E-state index < -0.39 is 28.5 Å². The van der Waals surface area contributed by atoms with Crippen LogP contribution in [0.4, 0.5) is 5.69 Å². The number of hydrogen-bond acceptors (Lipinski definition) is 4. The lowest BCUT2D eigenvalue weighted by Gasteiger charge is -2.34. The molecule has 0 radical (unpaired) electrons. The van der Waals surface area contributed by atoms with E-state index in [9.17, 15) is 18.0 Å². The molecule has 1 aliphatic carbocycles. The first-order valence-electron chi connectivity index (χ1n) is 13.9. The Morgan fingerprint density at radius 3 is 2.12 bits per heavy atom. The van der Waals surface area contributed by atoms with E-state index in [0.717, 1.165) is 63.0 Å². The van der Waals surface area contributed by atoms with Gasteiger partial charge in [-0.1, -0.05) is 77.3 Å². The minimum Gasteiger partial charge on any atom is -0.352 e. The van der Waals surface area contributed by atoms with Gasteiger partial charge in [-0.3, -0.25) is 13.9 Å². The number of nitrogens with one attached hydrogen (secondary N) is 1. The zero-order chi connectivity index (χ0) is 29.6. The first kappa shape index (κ1) is 30.8. The number of nitrogens with zero attached hydrogens (tertiary/aromatic N) is 2. The van der Waals surface area contributed by atoms with Crippen LogP contribution in [0.1, 0.15) is 47.9 Å². The zero-order valence-corrected chi connectivity index (χ0v) is 26.2. The van der Waals surface area contributed by atoms with E-state index in [1.165, 1.54) is 0 Å². The highest BCUT2D eigenvalue weighted by Crippen LogP contribution is 2.24. The van der Waals surface area contributed by atoms with Gasteiger partial charge in [0.15, 0.2) is 0 Å². The predicted molar refractivity (Wildman–Crippen MR) is 167 cm³/mol. The maximum atomic E-state index is 14.2. The number of hydrogen-bond donors (Lipinski definition) is 1. The van der Waals surface area contributed by atoms with Crippen LogP contribution in [0, 0.1) is 13.8 Å². The molecule has 2 amide bonds. The number of aryl methyl sites for hydroxylation is 2. The number of sulfonamides is 1. The van der Waals surface area contributed by atoms with Gasteiger partial charge in [0.1, 0.15) is 12.6 Å². The number of anilines is 1. The molecule has 1 atom stereocenters. The maximum Gasteiger partial charge on any atom is 0.244 e. The molecule has 1 aliphatic rings. The molecule has 1 fully saturated rings. The number of amides is 2. The molecule has 7 nitrogen and oxygen atoms in total. The SMILES string of the molecule is Cc1cc(C)cc(N(CC(=O)N(Cc2ccc(Br)cc2)C(Cc2ccccc2)C(=O)NC2CCCC2)S(C)(=O)=O)c1. The monoisotopic (exact) mass is 639 g/mol. The average Bonchev–Trinajstić information content (AvgIpc) is 3.42. The number of carbonyl (C=O) groups is 2. The Balaban J connectivity index is 1.73. The highest BCUT2D eigenvalue weighted by atomic mass is 79.9. The van der Waals surface area contributed by atoms with Crippen molar-refractivity contribution in [2.24, 2.45) is 0 Å². The van der Waals surface area contributed by atoms with Crippen molar-refractivity contribution >= 4 is 43.5 Å². The molecule has 9 heteroatoms. The molecule has 1 N–H and O–H groups in total. The Morgan fingerprint density at radius 2 is 1.54 bits per heavy atom. The Labute approximate surface area is 252 Å². The first-order chi connectivity index (χ1) is 19.5.